The van der Waals surface area contributed by atoms with Gasteiger partial charge in [-0.1, -0.05) is 12.1 Å². The van der Waals surface area contributed by atoms with E-state index >= 15 is 0 Å². The number of para-hydroxylation sites is 2. The van der Waals surface area contributed by atoms with Gasteiger partial charge in [0.15, 0.2) is 17.6 Å². The van der Waals surface area contributed by atoms with E-state index in [0.29, 0.717) is 31.2 Å². The normalized spacial score (nSPS) is 19.7. The Bertz CT molecular complexity index is 647. The molecule has 1 aromatic carbocycles. The van der Waals surface area contributed by atoms with Crippen LogP contribution in [-0.4, -0.2) is 67.0 Å². The zero-order valence-electron chi connectivity index (χ0n) is 13.4. The molecule has 1 saturated heterocycles. The number of hydrogen-bond donors (Lipinski definition) is 1. The molecule has 0 radical (unpaired) electrons. The summed E-state index contributed by atoms with van der Waals surface area (Å²) in [6.07, 6.45) is -0.0984. The van der Waals surface area contributed by atoms with Crippen molar-refractivity contribution in [3.8, 4) is 11.5 Å². The van der Waals surface area contributed by atoms with E-state index in [2.05, 4.69) is 5.32 Å². The molecular formula is C16H19N3O5. The summed E-state index contributed by atoms with van der Waals surface area (Å²) in [5.74, 6) is 0.646. The van der Waals surface area contributed by atoms with Crippen molar-refractivity contribution in [2.45, 2.75) is 12.5 Å². The van der Waals surface area contributed by atoms with Gasteiger partial charge in [-0.2, -0.15) is 0 Å². The number of urea groups is 1. The van der Waals surface area contributed by atoms with Crippen LogP contribution >= 0.6 is 0 Å². The Kier molecular flexibility index (Phi) is 4.54. The van der Waals surface area contributed by atoms with Gasteiger partial charge < -0.3 is 19.7 Å². The Balaban J connectivity index is 1.55. The average Bonchev–Trinajstić information content (AvgIpc) is 2.58. The van der Waals surface area contributed by atoms with E-state index in [9.17, 15) is 14.4 Å². The van der Waals surface area contributed by atoms with Crippen molar-refractivity contribution in [3.63, 3.8) is 0 Å². The van der Waals surface area contributed by atoms with Crippen molar-refractivity contribution in [1.82, 2.24) is 15.1 Å². The van der Waals surface area contributed by atoms with Crippen molar-refractivity contribution in [3.05, 3.63) is 24.3 Å². The smallest absolute Gasteiger partial charge is 0.324 e. The summed E-state index contributed by atoms with van der Waals surface area (Å²) >= 11 is 0. The molecule has 2 aliphatic rings. The van der Waals surface area contributed by atoms with E-state index in [1.807, 2.05) is 18.2 Å². The van der Waals surface area contributed by atoms with E-state index < -0.39 is 6.03 Å². The van der Waals surface area contributed by atoms with Crippen LogP contribution in [-0.2, 0) is 9.59 Å². The number of rotatable bonds is 4. The second kappa shape index (κ2) is 6.77. The largest absolute Gasteiger partial charge is 0.486 e. The summed E-state index contributed by atoms with van der Waals surface area (Å²) in [7, 11) is 1.61. The first-order valence-electron chi connectivity index (χ1n) is 7.75. The zero-order chi connectivity index (χ0) is 17.1. The fourth-order valence-electron chi connectivity index (χ4n) is 2.60. The molecule has 0 aromatic heterocycles. The fraction of sp³-hybridized carbons (Fsp3) is 0.438. The second-order valence-electron chi connectivity index (χ2n) is 5.73. The molecular weight excluding hydrogens is 314 g/mol. The van der Waals surface area contributed by atoms with Crippen LogP contribution in [0.2, 0.25) is 0 Å². The number of benzene rings is 1. The zero-order valence-corrected chi connectivity index (χ0v) is 13.4. The van der Waals surface area contributed by atoms with Crippen LogP contribution in [0.3, 0.4) is 0 Å². The van der Waals surface area contributed by atoms with Gasteiger partial charge in [-0.15, -0.1) is 0 Å². The highest BCUT2D eigenvalue weighted by molar-refractivity contribution is 6.00. The molecule has 0 saturated carbocycles. The number of carbonyl (C=O) groups excluding carboxylic acids is 3. The molecule has 1 atom stereocenters. The predicted molar refractivity (Wildman–Crippen MR) is 83.7 cm³/mol. The Morgan fingerprint density at radius 3 is 2.83 bits per heavy atom. The molecule has 0 spiro atoms. The van der Waals surface area contributed by atoms with Crippen LogP contribution in [0.5, 0.6) is 11.5 Å². The molecule has 24 heavy (non-hydrogen) atoms. The summed E-state index contributed by atoms with van der Waals surface area (Å²) in [6.45, 7) is 0.671. The number of nitrogens with zero attached hydrogens (tertiary/aromatic N) is 2. The van der Waals surface area contributed by atoms with E-state index in [0.717, 1.165) is 4.90 Å². The first-order chi connectivity index (χ1) is 11.5. The summed E-state index contributed by atoms with van der Waals surface area (Å²) in [6, 6.07) is 6.80. The SMILES string of the molecule is CN(C[C@@H]1COc2ccccc2O1)C(=O)CN1C(=O)CCNC1=O. The fourth-order valence-corrected chi connectivity index (χ4v) is 2.60. The topological polar surface area (TPSA) is 88.2 Å². The van der Waals surface area contributed by atoms with Crippen LogP contribution in [0.1, 0.15) is 6.42 Å². The highest BCUT2D eigenvalue weighted by atomic mass is 16.6. The van der Waals surface area contributed by atoms with Gasteiger partial charge in [0.1, 0.15) is 13.2 Å². The molecule has 4 amide bonds. The summed E-state index contributed by atoms with van der Waals surface area (Å²) < 4.78 is 11.4. The van der Waals surface area contributed by atoms with Crippen molar-refractivity contribution < 1.29 is 23.9 Å². The van der Waals surface area contributed by atoms with Crippen LogP contribution in [0, 0.1) is 0 Å². The van der Waals surface area contributed by atoms with Gasteiger partial charge in [-0.25, -0.2) is 4.79 Å². The van der Waals surface area contributed by atoms with E-state index in [1.165, 1.54) is 4.90 Å². The highest BCUT2D eigenvalue weighted by Gasteiger charge is 2.30. The third-order valence-electron chi connectivity index (χ3n) is 3.93. The minimum atomic E-state index is -0.529. The van der Waals surface area contributed by atoms with Gasteiger partial charge in [0.25, 0.3) is 0 Å². The van der Waals surface area contributed by atoms with Crippen molar-refractivity contribution in [1.29, 1.82) is 0 Å². The summed E-state index contributed by atoms with van der Waals surface area (Å²) in [5, 5.41) is 2.55. The Morgan fingerprint density at radius 2 is 2.08 bits per heavy atom. The van der Waals surface area contributed by atoms with Gasteiger partial charge in [0, 0.05) is 20.0 Å². The number of fused-ring (bicyclic) bond motifs is 1. The third kappa shape index (κ3) is 3.42. The minimum Gasteiger partial charge on any atom is -0.486 e. The molecule has 2 aliphatic heterocycles. The number of amides is 4. The molecule has 128 valence electrons. The lowest BCUT2D eigenvalue weighted by Gasteiger charge is -2.31. The first kappa shape index (κ1) is 16.1. The maximum absolute atomic E-state index is 12.3. The lowest BCUT2D eigenvalue weighted by molar-refractivity contribution is -0.138. The van der Waals surface area contributed by atoms with Crippen molar-refractivity contribution in [2.24, 2.45) is 0 Å². The summed E-state index contributed by atoms with van der Waals surface area (Å²) in [4.78, 5) is 38.1. The van der Waals surface area contributed by atoms with Crippen LogP contribution in [0.25, 0.3) is 0 Å². The Morgan fingerprint density at radius 1 is 1.33 bits per heavy atom. The average molecular weight is 333 g/mol. The molecule has 2 heterocycles. The van der Waals surface area contributed by atoms with E-state index in [1.54, 1.807) is 13.1 Å². The molecule has 1 N–H and O–H groups in total. The number of hydrogen-bond acceptors (Lipinski definition) is 5. The molecule has 1 fully saturated rings. The molecule has 0 aliphatic carbocycles. The van der Waals surface area contributed by atoms with Crippen LogP contribution in [0.4, 0.5) is 4.79 Å². The van der Waals surface area contributed by atoms with Crippen LogP contribution < -0.4 is 14.8 Å². The standard InChI is InChI=1S/C16H19N3O5/c1-18(15(21)9-19-14(20)6-7-17-16(19)22)8-11-10-23-12-4-2-3-5-13(12)24-11/h2-5,11H,6-10H2,1H3,(H,17,22)/t11-/m1/s1. The molecule has 8 nitrogen and oxygen atoms in total. The molecule has 0 bridgehead atoms. The van der Waals surface area contributed by atoms with E-state index in [4.69, 9.17) is 9.47 Å². The monoisotopic (exact) mass is 333 g/mol. The Labute approximate surface area is 139 Å². The maximum atomic E-state index is 12.3. The quantitative estimate of drug-likeness (QED) is 0.852. The molecule has 1 aromatic rings. The van der Waals surface area contributed by atoms with Crippen LogP contribution in [0.15, 0.2) is 24.3 Å². The lowest BCUT2D eigenvalue weighted by atomic mass is 10.2. The van der Waals surface area contributed by atoms with Gasteiger partial charge >= 0.3 is 6.03 Å². The number of ether oxygens (including phenoxy) is 2. The molecule has 8 heteroatoms. The molecule has 3 rings (SSSR count). The Hall–Kier alpha value is -2.77. The lowest BCUT2D eigenvalue weighted by Crippen LogP contribution is -2.54. The number of nitrogens with one attached hydrogen (secondary N) is 1. The number of imide groups is 1. The first-order valence-corrected chi connectivity index (χ1v) is 7.75. The molecule has 0 unspecified atom stereocenters. The third-order valence-corrected chi connectivity index (χ3v) is 3.93. The van der Waals surface area contributed by atoms with Gasteiger partial charge in [-0.05, 0) is 12.1 Å². The van der Waals surface area contributed by atoms with Crippen molar-refractivity contribution >= 4 is 17.8 Å². The minimum absolute atomic E-state index is 0.207. The van der Waals surface area contributed by atoms with E-state index in [-0.39, 0.29) is 30.9 Å². The second-order valence-corrected chi connectivity index (χ2v) is 5.73. The maximum Gasteiger partial charge on any atom is 0.324 e. The van der Waals surface area contributed by atoms with Gasteiger partial charge in [0.05, 0.1) is 6.54 Å². The van der Waals surface area contributed by atoms with Crippen molar-refractivity contribution in [2.75, 3.05) is 33.3 Å². The number of likely N-dealkylation sites (N-methyl/N-ethyl adjacent to an activating group) is 1. The van der Waals surface area contributed by atoms with Gasteiger partial charge in [-0.3, -0.25) is 14.5 Å². The van der Waals surface area contributed by atoms with Gasteiger partial charge in [0.2, 0.25) is 11.8 Å². The highest BCUT2D eigenvalue weighted by Crippen LogP contribution is 2.30. The predicted octanol–water partition coefficient (Wildman–Crippen LogP) is 0.227. The summed E-state index contributed by atoms with van der Waals surface area (Å²) in [5.41, 5.74) is 0. The number of carbonyl (C=O) groups is 3.